The quantitative estimate of drug-likeness (QED) is 0.440. The summed E-state index contributed by atoms with van der Waals surface area (Å²) in [5.74, 6) is 1.84. The van der Waals surface area contributed by atoms with Crippen LogP contribution >= 0.6 is 11.3 Å². The summed E-state index contributed by atoms with van der Waals surface area (Å²) in [6.45, 7) is 7.97. The molecule has 0 saturated heterocycles. The third-order valence-corrected chi connectivity index (χ3v) is 5.11. The van der Waals surface area contributed by atoms with Crippen LogP contribution in [0.5, 0.6) is 0 Å². The van der Waals surface area contributed by atoms with E-state index >= 15 is 0 Å². The number of thiophene rings is 1. The number of aromatic amines is 1. The van der Waals surface area contributed by atoms with Gasteiger partial charge in [0.1, 0.15) is 5.82 Å². The average Bonchev–Trinajstić information content (AvgIpc) is 3.20. The number of para-hydroxylation sites is 2. The van der Waals surface area contributed by atoms with Gasteiger partial charge in [0.05, 0.1) is 11.0 Å². The van der Waals surface area contributed by atoms with Crippen molar-refractivity contribution in [3.05, 3.63) is 52.0 Å². The maximum Gasteiger partial charge on any atom is 0.191 e. The van der Waals surface area contributed by atoms with Crippen molar-refractivity contribution in [3.63, 3.8) is 0 Å². The first-order chi connectivity index (χ1) is 12.6. The van der Waals surface area contributed by atoms with E-state index in [0.29, 0.717) is 12.6 Å². The van der Waals surface area contributed by atoms with E-state index in [2.05, 4.69) is 59.6 Å². The Balaban J connectivity index is 1.55. The smallest absolute Gasteiger partial charge is 0.191 e. The molecule has 3 aromatic rings. The van der Waals surface area contributed by atoms with Gasteiger partial charge in [0, 0.05) is 41.7 Å². The third-order valence-electron chi connectivity index (χ3n) is 4.09. The van der Waals surface area contributed by atoms with Crippen molar-refractivity contribution in [2.75, 3.05) is 13.1 Å². The van der Waals surface area contributed by atoms with E-state index in [4.69, 9.17) is 4.99 Å². The SMILES string of the molecule is CCNC(=NCCc1nc2ccccc2[nH]1)NC(C)Cc1ccc(C)s1. The zero-order chi connectivity index (χ0) is 18.4. The minimum atomic E-state index is 0.331. The number of fused-ring (bicyclic) bond motifs is 1. The second-order valence-electron chi connectivity index (χ2n) is 6.47. The molecule has 1 atom stereocenters. The Hall–Kier alpha value is -2.34. The van der Waals surface area contributed by atoms with Gasteiger partial charge in [0.25, 0.3) is 0 Å². The zero-order valence-electron chi connectivity index (χ0n) is 15.7. The summed E-state index contributed by atoms with van der Waals surface area (Å²) in [4.78, 5) is 15.4. The molecule has 1 unspecified atom stereocenters. The number of aliphatic imine (C=N–C) groups is 1. The molecule has 3 N–H and O–H groups in total. The number of guanidine groups is 1. The second-order valence-corrected chi connectivity index (χ2v) is 7.85. The van der Waals surface area contributed by atoms with E-state index in [1.165, 1.54) is 9.75 Å². The van der Waals surface area contributed by atoms with Crippen LogP contribution in [0.2, 0.25) is 0 Å². The molecule has 2 aromatic heterocycles. The number of aromatic nitrogens is 2. The molecule has 0 aliphatic heterocycles. The van der Waals surface area contributed by atoms with Crippen LogP contribution in [0.1, 0.15) is 29.4 Å². The van der Waals surface area contributed by atoms with Gasteiger partial charge in [0.2, 0.25) is 0 Å². The number of H-pyrrole nitrogens is 1. The molecule has 0 radical (unpaired) electrons. The summed E-state index contributed by atoms with van der Waals surface area (Å²) < 4.78 is 0. The first-order valence-corrected chi connectivity index (χ1v) is 9.99. The fourth-order valence-corrected chi connectivity index (χ4v) is 3.92. The Morgan fingerprint density at radius 1 is 1.27 bits per heavy atom. The highest BCUT2D eigenvalue weighted by atomic mass is 32.1. The maximum absolute atomic E-state index is 4.70. The summed E-state index contributed by atoms with van der Waals surface area (Å²) >= 11 is 1.86. The normalized spacial score (nSPS) is 13.1. The molecule has 5 nitrogen and oxygen atoms in total. The van der Waals surface area contributed by atoms with Gasteiger partial charge in [-0.05, 0) is 45.0 Å². The van der Waals surface area contributed by atoms with Gasteiger partial charge >= 0.3 is 0 Å². The Morgan fingerprint density at radius 3 is 2.85 bits per heavy atom. The molecule has 0 amide bonds. The van der Waals surface area contributed by atoms with Crippen molar-refractivity contribution in [1.82, 2.24) is 20.6 Å². The molecular weight excluding hydrogens is 342 g/mol. The van der Waals surface area contributed by atoms with Crippen molar-refractivity contribution in [1.29, 1.82) is 0 Å². The summed E-state index contributed by atoms with van der Waals surface area (Å²) in [5, 5.41) is 6.83. The second kappa shape index (κ2) is 8.85. The van der Waals surface area contributed by atoms with Crippen LogP contribution in [0.4, 0.5) is 0 Å². The number of imidazole rings is 1. The van der Waals surface area contributed by atoms with Gasteiger partial charge in [-0.1, -0.05) is 12.1 Å². The van der Waals surface area contributed by atoms with Gasteiger partial charge in [0.15, 0.2) is 5.96 Å². The minimum Gasteiger partial charge on any atom is -0.357 e. The predicted molar refractivity (Wildman–Crippen MR) is 111 cm³/mol. The fourth-order valence-electron chi connectivity index (χ4n) is 2.90. The van der Waals surface area contributed by atoms with Crippen LogP contribution in [-0.4, -0.2) is 35.1 Å². The van der Waals surface area contributed by atoms with E-state index < -0.39 is 0 Å². The number of hydrogen-bond acceptors (Lipinski definition) is 3. The van der Waals surface area contributed by atoms with E-state index in [1.54, 1.807) is 0 Å². The fraction of sp³-hybridized carbons (Fsp3) is 0.400. The largest absolute Gasteiger partial charge is 0.357 e. The predicted octanol–water partition coefficient (Wildman–Crippen LogP) is 3.66. The highest BCUT2D eigenvalue weighted by molar-refractivity contribution is 7.11. The Morgan fingerprint density at radius 2 is 2.12 bits per heavy atom. The van der Waals surface area contributed by atoms with Gasteiger partial charge in [-0.15, -0.1) is 11.3 Å². The molecule has 138 valence electrons. The van der Waals surface area contributed by atoms with Crippen molar-refractivity contribution in [2.45, 2.75) is 39.7 Å². The maximum atomic E-state index is 4.70. The lowest BCUT2D eigenvalue weighted by atomic mass is 10.2. The van der Waals surface area contributed by atoms with Crippen molar-refractivity contribution in [2.24, 2.45) is 4.99 Å². The van der Waals surface area contributed by atoms with Gasteiger partial charge in [-0.3, -0.25) is 4.99 Å². The van der Waals surface area contributed by atoms with Crippen LogP contribution in [0, 0.1) is 6.92 Å². The number of hydrogen-bond donors (Lipinski definition) is 3. The number of nitrogens with zero attached hydrogens (tertiary/aromatic N) is 2. The van der Waals surface area contributed by atoms with Crippen molar-refractivity contribution >= 4 is 28.3 Å². The standard InChI is InChI=1S/C20H27N5S/c1-4-21-20(23-14(2)13-16-10-9-15(3)26-16)22-12-11-19-24-17-7-5-6-8-18(17)25-19/h5-10,14H,4,11-13H2,1-3H3,(H,24,25)(H2,21,22,23). The Labute approximate surface area is 159 Å². The Bertz CT molecular complexity index is 831. The molecule has 3 rings (SSSR count). The molecule has 1 aromatic carbocycles. The number of nitrogens with one attached hydrogen (secondary N) is 3. The number of rotatable bonds is 7. The molecule has 0 aliphatic carbocycles. The average molecular weight is 370 g/mol. The molecule has 26 heavy (non-hydrogen) atoms. The van der Waals surface area contributed by atoms with Crippen LogP contribution < -0.4 is 10.6 Å². The highest BCUT2D eigenvalue weighted by Crippen LogP contribution is 2.16. The van der Waals surface area contributed by atoms with E-state index in [-0.39, 0.29) is 0 Å². The van der Waals surface area contributed by atoms with Gasteiger partial charge in [-0.25, -0.2) is 4.98 Å². The summed E-state index contributed by atoms with van der Waals surface area (Å²) in [6.07, 6.45) is 1.80. The first-order valence-electron chi connectivity index (χ1n) is 9.18. The minimum absolute atomic E-state index is 0.331. The molecule has 6 heteroatoms. The summed E-state index contributed by atoms with van der Waals surface area (Å²) in [5.41, 5.74) is 2.09. The molecule has 2 heterocycles. The zero-order valence-corrected chi connectivity index (χ0v) is 16.5. The Kier molecular flexibility index (Phi) is 6.28. The topological polar surface area (TPSA) is 65.1 Å². The third kappa shape index (κ3) is 5.08. The van der Waals surface area contributed by atoms with Gasteiger partial charge < -0.3 is 15.6 Å². The van der Waals surface area contributed by atoms with E-state index in [9.17, 15) is 0 Å². The lowest BCUT2D eigenvalue weighted by Gasteiger charge is -2.17. The van der Waals surface area contributed by atoms with Gasteiger partial charge in [-0.2, -0.15) is 0 Å². The summed E-state index contributed by atoms with van der Waals surface area (Å²) in [6, 6.07) is 12.8. The molecular formula is C20H27N5S. The molecule has 0 bridgehead atoms. The van der Waals surface area contributed by atoms with Crippen LogP contribution in [0.25, 0.3) is 11.0 Å². The van der Waals surface area contributed by atoms with Crippen LogP contribution in [-0.2, 0) is 12.8 Å². The lowest BCUT2D eigenvalue weighted by Crippen LogP contribution is -2.43. The highest BCUT2D eigenvalue weighted by Gasteiger charge is 2.08. The first kappa shape index (κ1) is 18.5. The molecule has 0 saturated carbocycles. The van der Waals surface area contributed by atoms with Crippen molar-refractivity contribution < 1.29 is 0 Å². The van der Waals surface area contributed by atoms with Crippen LogP contribution in [0.3, 0.4) is 0 Å². The van der Waals surface area contributed by atoms with Crippen molar-refractivity contribution in [3.8, 4) is 0 Å². The molecule has 0 aliphatic rings. The lowest BCUT2D eigenvalue weighted by molar-refractivity contribution is 0.645. The summed E-state index contributed by atoms with van der Waals surface area (Å²) in [7, 11) is 0. The van der Waals surface area contributed by atoms with E-state index in [0.717, 1.165) is 42.2 Å². The molecule has 0 fully saturated rings. The number of benzene rings is 1. The number of aryl methyl sites for hydroxylation is 1. The monoisotopic (exact) mass is 369 g/mol. The molecule has 0 spiro atoms. The van der Waals surface area contributed by atoms with E-state index in [1.807, 2.05) is 29.5 Å². The van der Waals surface area contributed by atoms with Crippen LogP contribution in [0.15, 0.2) is 41.4 Å².